The van der Waals surface area contributed by atoms with E-state index in [2.05, 4.69) is 10.3 Å². The minimum absolute atomic E-state index is 1.09. The van der Waals surface area contributed by atoms with E-state index >= 15 is 0 Å². The van der Waals surface area contributed by atoms with Crippen LogP contribution in [0.25, 0.3) is 0 Å². The maximum Gasteiger partial charge on any atom is 0.205 e. The fourth-order valence-electron chi connectivity index (χ4n) is 0.346. The molecule has 0 aromatic rings. The van der Waals surface area contributed by atoms with Gasteiger partial charge >= 0.3 is 0 Å². The summed E-state index contributed by atoms with van der Waals surface area (Å²) >= 11 is 0. The lowest BCUT2D eigenvalue weighted by Crippen LogP contribution is -2.21. The number of nitrogens with zero attached hydrogens (tertiary/aromatic N) is 1. The van der Waals surface area contributed by atoms with Crippen LogP contribution in [0, 0.1) is 0 Å². The van der Waals surface area contributed by atoms with Gasteiger partial charge in [-0.1, -0.05) is 0 Å². The first kappa shape index (κ1) is 4.30. The molecule has 1 rings (SSSR count). The fourth-order valence-corrected chi connectivity index (χ4v) is 0.346. The Balaban J connectivity index is 2.49. The monoisotopic (exact) mass is 100 g/mol. The van der Waals surface area contributed by atoms with Crippen molar-refractivity contribution in [1.29, 1.82) is 0 Å². The normalized spacial score (nSPS) is 27.3. The predicted octanol–water partition coefficient (Wildman–Crippen LogP) is 0.427. The molecule has 1 atom stereocenters. The van der Waals surface area contributed by atoms with Gasteiger partial charge in [-0.05, 0) is 0 Å². The van der Waals surface area contributed by atoms with Crippen molar-refractivity contribution in [1.82, 2.24) is 5.32 Å². The summed E-state index contributed by atoms with van der Waals surface area (Å²) in [5, 5.41) is 2.39. The second kappa shape index (κ2) is 1.73. The predicted molar refractivity (Wildman–Crippen MR) is 25.7 cm³/mol. The maximum atomic E-state index is 11.9. The molecule has 1 aliphatic rings. The van der Waals surface area contributed by atoms with Crippen molar-refractivity contribution in [3.05, 3.63) is 12.4 Å². The zero-order valence-electron chi connectivity index (χ0n) is 3.63. The molecule has 1 heterocycles. The van der Waals surface area contributed by atoms with E-state index in [0.717, 1.165) is 0 Å². The Hall–Kier alpha value is -0.860. The number of nitrogens with one attached hydrogen (secondary N) is 1. The standard InChI is InChI=1S/C4H5FN2/c5-4-3-6-1-2-7-4/h1-4,7H. The molecule has 0 amide bonds. The number of aliphatic imine (C=N–C) groups is 1. The lowest BCUT2D eigenvalue weighted by Gasteiger charge is -2.02. The highest BCUT2D eigenvalue weighted by Gasteiger charge is 1.96. The molecule has 0 spiro atoms. The van der Waals surface area contributed by atoms with E-state index in [9.17, 15) is 4.39 Å². The van der Waals surface area contributed by atoms with E-state index in [1.54, 1.807) is 0 Å². The Bertz CT molecular complexity index is 108. The average Bonchev–Trinajstić information content (AvgIpc) is 1.69. The summed E-state index contributed by atoms with van der Waals surface area (Å²) in [6.45, 7) is 0. The van der Waals surface area contributed by atoms with Crippen LogP contribution in [0.5, 0.6) is 0 Å². The van der Waals surface area contributed by atoms with Crippen LogP contribution >= 0.6 is 0 Å². The molecular weight excluding hydrogens is 95.1 g/mol. The number of hydrogen-bond acceptors (Lipinski definition) is 2. The van der Waals surface area contributed by atoms with Gasteiger partial charge in [0, 0.05) is 12.4 Å². The number of hydrogen-bond donors (Lipinski definition) is 1. The van der Waals surface area contributed by atoms with Gasteiger partial charge in [0.2, 0.25) is 6.30 Å². The maximum absolute atomic E-state index is 11.9. The number of rotatable bonds is 0. The van der Waals surface area contributed by atoms with Crippen molar-refractivity contribution in [2.45, 2.75) is 6.30 Å². The van der Waals surface area contributed by atoms with Crippen LogP contribution in [-0.4, -0.2) is 12.5 Å². The molecule has 38 valence electrons. The fraction of sp³-hybridized carbons (Fsp3) is 0.250. The largest absolute Gasteiger partial charge is 0.356 e. The van der Waals surface area contributed by atoms with Crippen LogP contribution in [0.15, 0.2) is 17.4 Å². The van der Waals surface area contributed by atoms with Gasteiger partial charge in [-0.25, -0.2) is 4.39 Å². The van der Waals surface area contributed by atoms with Crippen LogP contribution in [0.2, 0.25) is 0 Å². The van der Waals surface area contributed by atoms with Gasteiger partial charge in [0.1, 0.15) is 0 Å². The molecule has 0 fully saturated rings. The summed E-state index contributed by atoms with van der Waals surface area (Å²) in [4.78, 5) is 3.52. The lowest BCUT2D eigenvalue weighted by molar-refractivity contribution is 0.394. The topological polar surface area (TPSA) is 24.4 Å². The van der Waals surface area contributed by atoms with Gasteiger partial charge in [0.05, 0.1) is 6.21 Å². The molecule has 7 heavy (non-hydrogen) atoms. The first-order chi connectivity index (χ1) is 3.39. The van der Waals surface area contributed by atoms with Gasteiger partial charge in [-0.15, -0.1) is 0 Å². The highest BCUT2D eigenvalue weighted by atomic mass is 19.1. The van der Waals surface area contributed by atoms with Crippen molar-refractivity contribution < 1.29 is 4.39 Å². The summed E-state index contributed by atoms with van der Waals surface area (Å²) in [5.74, 6) is 0. The summed E-state index contributed by atoms with van der Waals surface area (Å²) in [7, 11) is 0. The van der Waals surface area contributed by atoms with Crippen molar-refractivity contribution in [3.8, 4) is 0 Å². The van der Waals surface area contributed by atoms with E-state index in [1.165, 1.54) is 18.6 Å². The lowest BCUT2D eigenvalue weighted by atomic mass is 10.6. The number of halogens is 1. The Morgan fingerprint density at radius 2 is 2.57 bits per heavy atom. The van der Waals surface area contributed by atoms with Gasteiger partial charge in [-0.3, -0.25) is 4.99 Å². The summed E-state index contributed by atoms with van der Waals surface area (Å²) in [6, 6.07) is 0. The average molecular weight is 100 g/mol. The molecule has 1 N–H and O–H groups in total. The second-order valence-corrected chi connectivity index (χ2v) is 1.18. The van der Waals surface area contributed by atoms with Gasteiger partial charge < -0.3 is 5.32 Å². The molecule has 0 aromatic carbocycles. The van der Waals surface area contributed by atoms with Gasteiger partial charge in [0.15, 0.2) is 0 Å². The molecule has 0 radical (unpaired) electrons. The van der Waals surface area contributed by atoms with Gasteiger partial charge in [-0.2, -0.15) is 0 Å². The first-order valence-electron chi connectivity index (χ1n) is 1.98. The molecule has 2 nitrogen and oxygen atoms in total. The third-order valence-corrected chi connectivity index (χ3v) is 0.633. The third-order valence-electron chi connectivity index (χ3n) is 0.633. The Morgan fingerprint density at radius 3 is 2.86 bits per heavy atom. The van der Waals surface area contributed by atoms with E-state index in [1.807, 2.05) is 0 Å². The van der Waals surface area contributed by atoms with Crippen molar-refractivity contribution >= 4 is 6.21 Å². The minimum Gasteiger partial charge on any atom is -0.356 e. The van der Waals surface area contributed by atoms with E-state index in [4.69, 9.17) is 0 Å². The van der Waals surface area contributed by atoms with Crippen molar-refractivity contribution in [2.75, 3.05) is 0 Å². The van der Waals surface area contributed by atoms with E-state index < -0.39 is 6.30 Å². The molecular formula is C4H5FN2. The molecule has 0 bridgehead atoms. The van der Waals surface area contributed by atoms with Crippen LogP contribution in [0.1, 0.15) is 0 Å². The van der Waals surface area contributed by atoms with Crippen molar-refractivity contribution in [3.63, 3.8) is 0 Å². The highest BCUT2D eigenvalue weighted by Crippen LogP contribution is 1.86. The third kappa shape index (κ3) is 0.994. The molecule has 0 aliphatic carbocycles. The highest BCUT2D eigenvalue weighted by molar-refractivity contribution is 5.64. The van der Waals surface area contributed by atoms with E-state index in [-0.39, 0.29) is 0 Å². The van der Waals surface area contributed by atoms with Crippen LogP contribution in [-0.2, 0) is 0 Å². The SMILES string of the molecule is FC1C=NC=CN1. The number of alkyl halides is 1. The minimum atomic E-state index is -1.09. The second-order valence-electron chi connectivity index (χ2n) is 1.18. The molecule has 0 aromatic heterocycles. The zero-order chi connectivity index (χ0) is 5.11. The molecule has 3 heteroatoms. The Morgan fingerprint density at radius 1 is 1.71 bits per heavy atom. The van der Waals surface area contributed by atoms with E-state index in [0.29, 0.717) is 0 Å². The quantitative estimate of drug-likeness (QED) is 0.438. The van der Waals surface area contributed by atoms with Crippen LogP contribution < -0.4 is 5.32 Å². The van der Waals surface area contributed by atoms with Crippen molar-refractivity contribution in [2.24, 2.45) is 4.99 Å². The Labute approximate surface area is 40.7 Å². The summed E-state index contributed by atoms with van der Waals surface area (Å²) in [5.41, 5.74) is 0. The summed E-state index contributed by atoms with van der Waals surface area (Å²) in [6.07, 6.45) is 3.06. The zero-order valence-corrected chi connectivity index (χ0v) is 3.63. The Kier molecular flexibility index (Phi) is 1.06. The van der Waals surface area contributed by atoms with Gasteiger partial charge in [0.25, 0.3) is 0 Å². The first-order valence-corrected chi connectivity index (χ1v) is 1.98. The smallest absolute Gasteiger partial charge is 0.205 e. The molecule has 0 saturated carbocycles. The molecule has 0 saturated heterocycles. The summed E-state index contributed by atoms with van der Waals surface area (Å²) < 4.78 is 11.9. The molecule has 1 unspecified atom stereocenters. The van der Waals surface area contributed by atoms with Crippen LogP contribution in [0.4, 0.5) is 4.39 Å². The molecule has 1 aliphatic heterocycles. The van der Waals surface area contributed by atoms with Crippen LogP contribution in [0.3, 0.4) is 0 Å².